The van der Waals surface area contributed by atoms with Crippen molar-refractivity contribution < 1.29 is 4.79 Å². The molecule has 1 N–H and O–H groups in total. The average Bonchev–Trinajstić information content (AvgIpc) is 3.65. The molecule has 2 fully saturated rings. The first kappa shape index (κ1) is 21.9. The number of hydrogen-bond acceptors (Lipinski definition) is 5. The number of nitrogens with zero attached hydrogens (tertiary/aromatic N) is 5. The maximum absolute atomic E-state index is 13.1. The van der Waals surface area contributed by atoms with E-state index in [2.05, 4.69) is 50.5 Å². The lowest BCUT2D eigenvalue weighted by Gasteiger charge is -2.36. The molecular weight excluding hydrogens is 412 g/mol. The predicted octanol–water partition coefficient (Wildman–Crippen LogP) is 3.49. The Morgan fingerprint density at radius 2 is 1.85 bits per heavy atom. The molecule has 2 aromatic heterocycles. The highest BCUT2D eigenvalue weighted by Crippen LogP contribution is 2.40. The number of aryl methyl sites for hydroxylation is 2. The highest BCUT2D eigenvalue weighted by Gasteiger charge is 2.28. The van der Waals surface area contributed by atoms with E-state index >= 15 is 0 Å². The van der Waals surface area contributed by atoms with Gasteiger partial charge in [-0.3, -0.25) is 14.4 Å². The van der Waals surface area contributed by atoms with Gasteiger partial charge in [0.25, 0.3) is 5.91 Å². The fourth-order valence-electron chi connectivity index (χ4n) is 4.86. The van der Waals surface area contributed by atoms with Crippen molar-refractivity contribution in [1.82, 2.24) is 25.0 Å². The summed E-state index contributed by atoms with van der Waals surface area (Å²) in [6, 6.07) is 12.7. The van der Waals surface area contributed by atoms with Crippen LogP contribution in [-0.2, 0) is 7.05 Å². The van der Waals surface area contributed by atoms with Crippen LogP contribution in [0.5, 0.6) is 0 Å². The highest BCUT2D eigenvalue weighted by atomic mass is 16.1. The van der Waals surface area contributed by atoms with Crippen LogP contribution < -0.4 is 10.2 Å². The van der Waals surface area contributed by atoms with Crippen LogP contribution in [0, 0.1) is 6.92 Å². The molecule has 0 atom stereocenters. The van der Waals surface area contributed by atoms with Crippen LogP contribution in [0.15, 0.2) is 36.4 Å². The summed E-state index contributed by atoms with van der Waals surface area (Å²) in [5.74, 6) is 0.496. The topological polar surface area (TPSA) is 66.3 Å². The number of nitrogens with one attached hydrogen (secondary N) is 1. The lowest BCUT2D eigenvalue weighted by atomic mass is 10.1. The number of piperazine rings is 1. The van der Waals surface area contributed by atoms with Gasteiger partial charge in [0.05, 0.1) is 16.6 Å². The quantitative estimate of drug-likeness (QED) is 0.537. The molecule has 0 bridgehead atoms. The van der Waals surface area contributed by atoms with Gasteiger partial charge in [0, 0.05) is 57.1 Å². The van der Waals surface area contributed by atoms with Gasteiger partial charge in [0.2, 0.25) is 0 Å². The minimum atomic E-state index is -0.00289. The summed E-state index contributed by atoms with van der Waals surface area (Å²) in [4.78, 5) is 22.9. The first-order valence-corrected chi connectivity index (χ1v) is 12.2. The Bertz CT molecular complexity index is 1110. The molecule has 7 nitrogen and oxygen atoms in total. The number of fused-ring (bicyclic) bond motifs is 1. The number of carbonyl (C=O) groups is 1. The Morgan fingerprint density at radius 3 is 2.58 bits per heavy atom. The van der Waals surface area contributed by atoms with Gasteiger partial charge in [-0.1, -0.05) is 18.2 Å². The molecule has 1 saturated heterocycles. The second-order valence-corrected chi connectivity index (χ2v) is 9.40. The van der Waals surface area contributed by atoms with Crippen molar-refractivity contribution in [1.29, 1.82) is 0 Å². The molecule has 1 amide bonds. The zero-order valence-corrected chi connectivity index (χ0v) is 19.8. The molecule has 1 aliphatic carbocycles. The third-order valence-electron chi connectivity index (χ3n) is 6.91. The Morgan fingerprint density at radius 1 is 1.09 bits per heavy atom. The van der Waals surface area contributed by atoms with Crippen LogP contribution in [0.2, 0.25) is 0 Å². The van der Waals surface area contributed by atoms with Crippen molar-refractivity contribution in [2.24, 2.45) is 7.05 Å². The van der Waals surface area contributed by atoms with Gasteiger partial charge in [0.15, 0.2) is 5.65 Å². The molecule has 7 heteroatoms. The van der Waals surface area contributed by atoms with E-state index in [1.807, 2.05) is 20.0 Å². The smallest absolute Gasteiger partial charge is 0.252 e. The fourth-order valence-corrected chi connectivity index (χ4v) is 4.86. The number of anilines is 1. The molecule has 0 unspecified atom stereocenters. The van der Waals surface area contributed by atoms with Gasteiger partial charge < -0.3 is 10.2 Å². The Labute approximate surface area is 195 Å². The van der Waals surface area contributed by atoms with E-state index in [9.17, 15) is 4.79 Å². The van der Waals surface area contributed by atoms with E-state index in [4.69, 9.17) is 4.98 Å². The number of rotatable bonds is 8. The largest absolute Gasteiger partial charge is 0.369 e. The minimum Gasteiger partial charge on any atom is -0.369 e. The van der Waals surface area contributed by atoms with Crippen LogP contribution in [0.25, 0.3) is 11.0 Å². The SMILES string of the molecule is Cc1nn(C)c2nc(C3CC3)cc(C(=O)NCCCCN3CCN(c4ccccc4)CC3)c12. The highest BCUT2D eigenvalue weighted by molar-refractivity contribution is 6.06. The molecule has 1 aliphatic heterocycles. The van der Waals surface area contributed by atoms with Gasteiger partial charge in [-0.25, -0.2) is 4.98 Å². The van der Waals surface area contributed by atoms with E-state index < -0.39 is 0 Å². The van der Waals surface area contributed by atoms with E-state index in [0.717, 1.165) is 86.4 Å². The number of para-hydroxylation sites is 1. The number of hydrogen-bond donors (Lipinski definition) is 1. The second kappa shape index (κ2) is 9.51. The average molecular weight is 447 g/mol. The lowest BCUT2D eigenvalue weighted by Crippen LogP contribution is -2.46. The third-order valence-corrected chi connectivity index (χ3v) is 6.91. The van der Waals surface area contributed by atoms with Crippen LogP contribution in [-0.4, -0.2) is 64.8 Å². The van der Waals surface area contributed by atoms with Crippen molar-refractivity contribution in [2.75, 3.05) is 44.2 Å². The molecule has 0 spiro atoms. The summed E-state index contributed by atoms with van der Waals surface area (Å²) >= 11 is 0. The maximum Gasteiger partial charge on any atom is 0.252 e. The number of benzene rings is 1. The van der Waals surface area contributed by atoms with Crippen LogP contribution in [0.1, 0.15) is 53.3 Å². The van der Waals surface area contributed by atoms with Gasteiger partial charge in [0.1, 0.15) is 0 Å². The monoisotopic (exact) mass is 446 g/mol. The molecule has 3 aromatic rings. The summed E-state index contributed by atoms with van der Waals surface area (Å²) in [7, 11) is 1.90. The normalized spacial score (nSPS) is 17.0. The fraction of sp³-hybridized carbons (Fsp3) is 0.500. The van der Waals surface area contributed by atoms with Gasteiger partial charge in [-0.05, 0) is 57.4 Å². The molecule has 0 radical (unpaired) electrons. The number of unbranched alkanes of at least 4 members (excludes halogenated alkanes) is 1. The second-order valence-electron chi connectivity index (χ2n) is 9.40. The van der Waals surface area contributed by atoms with Crippen molar-refractivity contribution >= 4 is 22.6 Å². The summed E-state index contributed by atoms with van der Waals surface area (Å²) in [5.41, 5.74) is 4.76. The summed E-state index contributed by atoms with van der Waals surface area (Å²) in [6.45, 7) is 8.09. The van der Waals surface area contributed by atoms with Crippen molar-refractivity contribution in [3.63, 3.8) is 0 Å². The van der Waals surface area contributed by atoms with Crippen LogP contribution >= 0.6 is 0 Å². The van der Waals surface area contributed by atoms with Crippen molar-refractivity contribution in [3.05, 3.63) is 53.3 Å². The standard InChI is InChI=1S/C26H34N6O/c1-19-24-22(18-23(20-10-11-20)28-25(24)30(2)29-19)26(33)27-12-6-7-13-31-14-16-32(17-15-31)21-8-4-3-5-9-21/h3-5,8-9,18,20H,6-7,10-17H2,1-2H3,(H,27,33). The lowest BCUT2D eigenvalue weighted by molar-refractivity contribution is 0.0954. The zero-order chi connectivity index (χ0) is 22.8. The summed E-state index contributed by atoms with van der Waals surface area (Å²) in [6.07, 6.45) is 4.41. The van der Waals surface area contributed by atoms with Crippen LogP contribution in [0.3, 0.4) is 0 Å². The molecule has 3 heterocycles. The van der Waals surface area contributed by atoms with Crippen molar-refractivity contribution in [3.8, 4) is 0 Å². The van der Waals surface area contributed by atoms with E-state index in [1.165, 1.54) is 5.69 Å². The summed E-state index contributed by atoms with van der Waals surface area (Å²) < 4.78 is 1.80. The first-order valence-electron chi connectivity index (χ1n) is 12.2. The first-order chi connectivity index (χ1) is 16.1. The van der Waals surface area contributed by atoms with Gasteiger partial charge in [-0.2, -0.15) is 5.10 Å². The molecule has 33 heavy (non-hydrogen) atoms. The number of pyridine rings is 1. The number of amides is 1. The molecule has 1 aromatic carbocycles. The van der Waals surface area contributed by atoms with Gasteiger partial charge >= 0.3 is 0 Å². The van der Waals surface area contributed by atoms with Crippen LogP contribution in [0.4, 0.5) is 5.69 Å². The van der Waals surface area contributed by atoms with E-state index in [1.54, 1.807) is 4.68 Å². The Balaban J connectivity index is 1.10. The molecule has 2 aliphatic rings. The molecular formula is C26H34N6O. The molecule has 174 valence electrons. The number of aromatic nitrogens is 3. The third kappa shape index (κ3) is 4.88. The van der Waals surface area contributed by atoms with Gasteiger partial charge in [-0.15, -0.1) is 0 Å². The molecule has 5 rings (SSSR count). The zero-order valence-electron chi connectivity index (χ0n) is 19.8. The molecule has 1 saturated carbocycles. The van der Waals surface area contributed by atoms with E-state index in [-0.39, 0.29) is 5.91 Å². The number of carbonyl (C=O) groups excluding carboxylic acids is 1. The predicted molar refractivity (Wildman–Crippen MR) is 132 cm³/mol. The minimum absolute atomic E-state index is 0.00289. The Kier molecular flexibility index (Phi) is 6.31. The van der Waals surface area contributed by atoms with E-state index in [0.29, 0.717) is 12.5 Å². The summed E-state index contributed by atoms with van der Waals surface area (Å²) in [5, 5.41) is 8.54. The maximum atomic E-state index is 13.1. The Hall–Kier alpha value is -2.93. The van der Waals surface area contributed by atoms with Crippen molar-refractivity contribution in [2.45, 2.75) is 38.5 Å².